The molecule has 92 valence electrons. The molecule has 0 spiro atoms. The second-order valence-electron chi connectivity index (χ2n) is 4.09. The molecule has 0 radical (unpaired) electrons. The Kier molecular flexibility index (Phi) is 3.63. The van der Waals surface area contributed by atoms with Crippen LogP contribution in [0, 0.1) is 6.92 Å². The highest BCUT2D eigenvalue weighted by molar-refractivity contribution is 6.03. The molecular formula is C15H15NO2. The van der Waals surface area contributed by atoms with Crippen molar-refractivity contribution in [3.8, 4) is 0 Å². The van der Waals surface area contributed by atoms with Gasteiger partial charge in [0.05, 0.1) is 0 Å². The number of benzene rings is 1. The van der Waals surface area contributed by atoms with Gasteiger partial charge in [0.2, 0.25) is 5.78 Å². The van der Waals surface area contributed by atoms with Gasteiger partial charge < -0.3 is 9.73 Å². The first-order valence-corrected chi connectivity index (χ1v) is 5.76. The third kappa shape index (κ3) is 3.10. The first-order chi connectivity index (χ1) is 8.65. The molecule has 0 amide bonds. The third-order valence-electron chi connectivity index (χ3n) is 2.45. The number of carbonyl (C=O) groups excluding carboxylic acids is 1. The summed E-state index contributed by atoms with van der Waals surface area (Å²) in [6.45, 7) is 3.66. The average molecular weight is 241 g/mol. The topological polar surface area (TPSA) is 42.2 Å². The number of aryl methyl sites for hydroxylation is 1. The van der Waals surface area contributed by atoms with Gasteiger partial charge in [0.1, 0.15) is 5.76 Å². The fourth-order valence-electron chi connectivity index (χ4n) is 1.62. The predicted molar refractivity (Wildman–Crippen MR) is 71.6 cm³/mol. The van der Waals surface area contributed by atoms with E-state index in [4.69, 9.17) is 4.42 Å². The first kappa shape index (κ1) is 12.2. The van der Waals surface area contributed by atoms with E-state index < -0.39 is 0 Å². The Bertz CT molecular complexity index is 567. The number of furan rings is 1. The standard InChI is InChI=1S/C15H15NO2/c1-11(16-13-6-4-3-5-7-13)10-14(17)15-9-8-12(2)18-15/h3-10,16H,1-2H3/b11-10+. The molecule has 2 aromatic rings. The number of carbonyl (C=O) groups is 1. The number of ketones is 1. The molecule has 0 aliphatic carbocycles. The van der Waals surface area contributed by atoms with Gasteiger partial charge in [-0.05, 0) is 38.1 Å². The van der Waals surface area contributed by atoms with Crippen LogP contribution in [0.5, 0.6) is 0 Å². The minimum absolute atomic E-state index is 0.135. The average Bonchev–Trinajstić information content (AvgIpc) is 2.77. The van der Waals surface area contributed by atoms with Crippen LogP contribution in [0.1, 0.15) is 23.2 Å². The molecular weight excluding hydrogens is 226 g/mol. The molecule has 0 atom stereocenters. The van der Waals surface area contributed by atoms with Crippen molar-refractivity contribution < 1.29 is 9.21 Å². The van der Waals surface area contributed by atoms with E-state index in [-0.39, 0.29) is 5.78 Å². The Morgan fingerprint density at radius 3 is 2.50 bits per heavy atom. The van der Waals surface area contributed by atoms with Gasteiger partial charge in [-0.15, -0.1) is 0 Å². The summed E-state index contributed by atoms with van der Waals surface area (Å²) in [7, 11) is 0. The molecule has 1 N–H and O–H groups in total. The summed E-state index contributed by atoms with van der Waals surface area (Å²) in [5.74, 6) is 0.964. The first-order valence-electron chi connectivity index (χ1n) is 5.76. The molecule has 0 unspecified atom stereocenters. The molecule has 3 heteroatoms. The van der Waals surface area contributed by atoms with E-state index in [1.807, 2.05) is 44.2 Å². The minimum atomic E-state index is -0.135. The van der Waals surface area contributed by atoms with Gasteiger partial charge in [-0.2, -0.15) is 0 Å². The van der Waals surface area contributed by atoms with E-state index in [9.17, 15) is 4.79 Å². The molecule has 0 aliphatic rings. The third-order valence-corrected chi connectivity index (χ3v) is 2.45. The van der Waals surface area contributed by atoms with Crippen LogP contribution in [0.2, 0.25) is 0 Å². The Morgan fingerprint density at radius 2 is 1.89 bits per heavy atom. The van der Waals surface area contributed by atoms with E-state index in [1.165, 1.54) is 6.08 Å². The summed E-state index contributed by atoms with van der Waals surface area (Å²) in [6, 6.07) is 13.2. The molecule has 3 nitrogen and oxygen atoms in total. The summed E-state index contributed by atoms with van der Waals surface area (Å²) in [6.07, 6.45) is 1.53. The second kappa shape index (κ2) is 5.36. The fourth-order valence-corrected chi connectivity index (χ4v) is 1.62. The van der Waals surface area contributed by atoms with Gasteiger partial charge in [0.25, 0.3) is 0 Å². The quantitative estimate of drug-likeness (QED) is 0.654. The van der Waals surface area contributed by atoms with Gasteiger partial charge >= 0.3 is 0 Å². The maximum absolute atomic E-state index is 11.8. The number of rotatable bonds is 4. The number of hydrogen-bond donors (Lipinski definition) is 1. The number of para-hydroxylation sites is 1. The van der Waals surface area contributed by atoms with E-state index in [1.54, 1.807) is 12.1 Å². The monoisotopic (exact) mass is 241 g/mol. The highest BCUT2D eigenvalue weighted by Gasteiger charge is 2.07. The van der Waals surface area contributed by atoms with Gasteiger partial charge in [-0.25, -0.2) is 0 Å². The lowest BCUT2D eigenvalue weighted by Gasteiger charge is -2.05. The van der Waals surface area contributed by atoms with Crippen LogP contribution in [-0.2, 0) is 0 Å². The molecule has 18 heavy (non-hydrogen) atoms. The zero-order valence-corrected chi connectivity index (χ0v) is 10.4. The summed E-state index contributed by atoms with van der Waals surface area (Å²) < 4.78 is 5.27. The summed E-state index contributed by atoms with van der Waals surface area (Å²) >= 11 is 0. The van der Waals surface area contributed by atoms with Crippen LogP contribution in [0.3, 0.4) is 0 Å². The van der Waals surface area contributed by atoms with E-state index in [0.29, 0.717) is 5.76 Å². The van der Waals surface area contributed by atoms with Crippen LogP contribution < -0.4 is 5.32 Å². The smallest absolute Gasteiger partial charge is 0.222 e. The van der Waals surface area contributed by atoms with Gasteiger partial charge in [0, 0.05) is 17.5 Å². The molecule has 1 aromatic heterocycles. The van der Waals surface area contributed by atoms with Gasteiger partial charge in [-0.3, -0.25) is 4.79 Å². The van der Waals surface area contributed by atoms with Gasteiger partial charge in [0.15, 0.2) is 5.76 Å². The van der Waals surface area contributed by atoms with Crippen molar-refractivity contribution in [2.24, 2.45) is 0 Å². The zero-order valence-electron chi connectivity index (χ0n) is 10.4. The van der Waals surface area contributed by atoms with Crippen molar-refractivity contribution in [2.75, 3.05) is 5.32 Å². The lowest BCUT2D eigenvalue weighted by molar-refractivity contribution is 0.102. The second-order valence-corrected chi connectivity index (χ2v) is 4.09. The number of anilines is 1. The Labute approximate surface area is 106 Å². The van der Waals surface area contributed by atoms with Crippen molar-refractivity contribution in [1.82, 2.24) is 0 Å². The largest absolute Gasteiger partial charge is 0.458 e. The van der Waals surface area contributed by atoms with Crippen LogP contribution in [0.25, 0.3) is 0 Å². The maximum atomic E-state index is 11.8. The van der Waals surface area contributed by atoms with Crippen molar-refractivity contribution in [3.05, 3.63) is 65.8 Å². The Hall–Kier alpha value is -2.29. The maximum Gasteiger partial charge on any atom is 0.222 e. The van der Waals surface area contributed by atoms with Crippen LogP contribution >= 0.6 is 0 Å². The summed E-state index contributed by atoms with van der Waals surface area (Å²) in [5.41, 5.74) is 1.73. The van der Waals surface area contributed by atoms with E-state index >= 15 is 0 Å². The van der Waals surface area contributed by atoms with Crippen LogP contribution in [0.15, 0.2) is 58.7 Å². The predicted octanol–water partition coefficient (Wildman–Crippen LogP) is 3.79. The molecule has 0 saturated carbocycles. The van der Waals surface area contributed by atoms with Crippen molar-refractivity contribution in [1.29, 1.82) is 0 Å². The van der Waals surface area contributed by atoms with Gasteiger partial charge in [-0.1, -0.05) is 18.2 Å². The SMILES string of the molecule is C/C(=C\C(=O)c1ccc(C)o1)Nc1ccccc1. The van der Waals surface area contributed by atoms with E-state index in [0.717, 1.165) is 17.1 Å². The highest BCUT2D eigenvalue weighted by Crippen LogP contribution is 2.11. The number of nitrogens with one attached hydrogen (secondary N) is 1. The summed E-state index contributed by atoms with van der Waals surface area (Å²) in [4.78, 5) is 11.8. The lowest BCUT2D eigenvalue weighted by Crippen LogP contribution is -2.00. The fraction of sp³-hybridized carbons (Fsp3) is 0.133. The van der Waals surface area contributed by atoms with E-state index in [2.05, 4.69) is 5.32 Å². The van der Waals surface area contributed by atoms with Crippen molar-refractivity contribution >= 4 is 11.5 Å². The van der Waals surface area contributed by atoms with Crippen molar-refractivity contribution in [3.63, 3.8) is 0 Å². The Balaban J connectivity index is 2.07. The Morgan fingerprint density at radius 1 is 1.17 bits per heavy atom. The normalized spacial score (nSPS) is 11.3. The van der Waals surface area contributed by atoms with Crippen LogP contribution in [0.4, 0.5) is 5.69 Å². The number of allylic oxidation sites excluding steroid dienone is 2. The molecule has 0 saturated heterocycles. The molecule has 0 aliphatic heterocycles. The minimum Gasteiger partial charge on any atom is -0.458 e. The molecule has 0 fully saturated rings. The highest BCUT2D eigenvalue weighted by atomic mass is 16.3. The zero-order chi connectivity index (χ0) is 13.0. The molecule has 1 heterocycles. The summed E-state index contributed by atoms with van der Waals surface area (Å²) in [5, 5.41) is 3.15. The lowest BCUT2D eigenvalue weighted by atomic mass is 10.2. The van der Waals surface area contributed by atoms with Crippen molar-refractivity contribution in [2.45, 2.75) is 13.8 Å². The van der Waals surface area contributed by atoms with Crippen LogP contribution in [-0.4, -0.2) is 5.78 Å². The number of hydrogen-bond acceptors (Lipinski definition) is 3. The molecule has 2 rings (SSSR count). The molecule has 0 bridgehead atoms. The molecule has 1 aromatic carbocycles.